The first-order valence-electron chi connectivity index (χ1n) is 9.22. The molecule has 2 aliphatic rings. The van der Waals surface area contributed by atoms with E-state index in [1.54, 1.807) is 30.3 Å². The van der Waals surface area contributed by atoms with Crippen LogP contribution in [0.5, 0.6) is 5.75 Å². The van der Waals surface area contributed by atoms with Gasteiger partial charge in [-0.15, -0.1) is 0 Å². The molecule has 148 valence electrons. The Hall–Kier alpha value is -2.31. The van der Waals surface area contributed by atoms with E-state index in [9.17, 15) is 19.4 Å². The van der Waals surface area contributed by atoms with Gasteiger partial charge in [-0.2, -0.15) is 0 Å². The number of hydrogen-bond donors (Lipinski definition) is 2. The summed E-state index contributed by atoms with van der Waals surface area (Å²) in [6.07, 6.45) is -0.0233. The van der Waals surface area contributed by atoms with Crippen LogP contribution in [0.1, 0.15) is 37.4 Å². The molecule has 28 heavy (non-hydrogen) atoms. The Kier molecular flexibility index (Phi) is 4.71. The first-order valence-corrected chi connectivity index (χ1v) is 9.59. The molecule has 2 aromatic rings. The lowest BCUT2D eigenvalue weighted by Crippen LogP contribution is -2.54. The van der Waals surface area contributed by atoms with E-state index in [-0.39, 0.29) is 6.61 Å². The number of halogens is 2. The molecule has 2 aromatic carbocycles. The maximum atomic E-state index is 13.7. The number of fused-ring (bicyclic) bond motifs is 2. The molecule has 2 saturated heterocycles. The van der Waals surface area contributed by atoms with Crippen molar-refractivity contribution in [2.75, 3.05) is 6.61 Å². The fourth-order valence-electron chi connectivity index (χ4n) is 4.80. The second-order valence-corrected chi connectivity index (χ2v) is 8.08. The molecule has 0 radical (unpaired) electrons. The first kappa shape index (κ1) is 19.0. The molecular weight excluding hydrogens is 385 g/mol. The van der Waals surface area contributed by atoms with Gasteiger partial charge in [0.15, 0.2) is 0 Å². The van der Waals surface area contributed by atoms with Crippen molar-refractivity contribution in [1.29, 1.82) is 0 Å². The number of aliphatic hydroxyl groups is 1. The summed E-state index contributed by atoms with van der Waals surface area (Å²) in [5, 5.41) is 21.6. The summed E-state index contributed by atoms with van der Waals surface area (Å²) in [6.45, 7) is 0.193. The highest BCUT2D eigenvalue weighted by Crippen LogP contribution is 2.58. The van der Waals surface area contributed by atoms with Crippen LogP contribution >= 0.6 is 11.6 Å². The van der Waals surface area contributed by atoms with E-state index in [0.29, 0.717) is 42.0 Å². The third-order valence-electron chi connectivity index (χ3n) is 6.15. The van der Waals surface area contributed by atoms with Crippen molar-refractivity contribution in [1.82, 2.24) is 4.90 Å². The van der Waals surface area contributed by atoms with Crippen LogP contribution < -0.4 is 4.74 Å². The molecule has 0 aliphatic carbocycles. The Morgan fingerprint density at radius 3 is 2.46 bits per heavy atom. The molecule has 5 nitrogen and oxygen atoms in total. The third-order valence-corrected chi connectivity index (χ3v) is 6.40. The zero-order chi connectivity index (χ0) is 19.9. The molecule has 1 amide bonds. The largest absolute Gasteiger partial charge is 0.491 e. The zero-order valence-corrected chi connectivity index (χ0v) is 15.9. The molecule has 2 N–H and O–H groups in total. The summed E-state index contributed by atoms with van der Waals surface area (Å²) < 4.78 is 19.5. The average molecular weight is 406 g/mol. The molecule has 2 fully saturated rings. The van der Waals surface area contributed by atoms with Crippen molar-refractivity contribution >= 4 is 17.7 Å². The molecule has 1 atom stereocenters. The first-order chi connectivity index (χ1) is 13.4. The number of carbonyl (C=O) groups is 1. The maximum Gasteiger partial charge on any atom is 0.408 e. The van der Waals surface area contributed by atoms with Crippen LogP contribution in [0.4, 0.5) is 9.18 Å². The molecule has 2 heterocycles. The van der Waals surface area contributed by atoms with Crippen LogP contribution in [0, 0.1) is 5.82 Å². The Morgan fingerprint density at radius 2 is 1.86 bits per heavy atom. The highest BCUT2D eigenvalue weighted by molar-refractivity contribution is 6.30. The Morgan fingerprint density at radius 1 is 1.18 bits per heavy atom. The third kappa shape index (κ3) is 3.01. The van der Waals surface area contributed by atoms with E-state index < -0.39 is 29.1 Å². The molecule has 0 spiro atoms. The second-order valence-electron chi connectivity index (χ2n) is 7.65. The summed E-state index contributed by atoms with van der Waals surface area (Å²) in [5.74, 6) is 0.155. The van der Waals surface area contributed by atoms with Crippen LogP contribution in [0.2, 0.25) is 5.02 Å². The highest BCUT2D eigenvalue weighted by atomic mass is 35.5. The SMILES string of the molecule is O=C(O)N1C2(COc3ccc(Cl)cc3)CCC1([C@@H](O)c1cccc(F)c1)CC2. The monoisotopic (exact) mass is 405 g/mol. The fraction of sp³-hybridized carbons (Fsp3) is 0.381. The number of amides is 1. The van der Waals surface area contributed by atoms with Gasteiger partial charge in [-0.05, 0) is 67.6 Å². The molecule has 0 unspecified atom stereocenters. The normalized spacial score (nSPS) is 27.0. The number of hydrogen-bond acceptors (Lipinski definition) is 3. The van der Waals surface area contributed by atoms with Gasteiger partial charge < -0.3 is 14.9 Å². The van der Waals surface area contributed by atoms with E-state index in [4.69, 9.17) is 16.3 Å². The van der Waals surface area contributed by atoms with Crippen LogP contribution in [-0.4, -0.2) is 38.9 Å². The minimum Gasteiger partial charge on any atom is -0.491 e. The summed E-state index contributed by atoms with van der Waals surface area (Å²) in [6, 6.07) is 12.6. The topological polar surface area (TPSA) is 70.0 Å². The predicted molar refractivity (Wildman–Crippen MR) is 102 cm³/mol. The van der Waals surface area contributed by atoms with Gasteiger partial charge in [-0.25, -0.2) is 9.18 Å². The number of carboxylic acid groups (broad SMARTS) is 1. The summed E-state index contributed by atoms with van der Waals surface area (Å²) >= 11 is 5.89. The average Bonchev–Trinajstić information content (AvgIpc) is 3.19. The lowest BCUT2D eigenvalue weighted by molar-refractivity contribution is -0.0112. The van der Waals surface area contributed by atoms with E-state index >= 15 is 0 Å². The van der Waals surface area contributed by atoms with E-state index in [1.807, 2.05) is 0 Å². The van der Waals surface area contributed by atoms with Crippen LogP contribution in [0.15, 0.2) is 48.5 Å². The molecular formula is C21H21ClFNO4. The standard InChI is InChI=1S/C21H21ClFNO4/c22-15-4-6-17(7-5-15)28-13-20-8-10-21(11-9-20,24(20)19(26)27)18(25)14-2-1-3-16(23)12-14/h1-7,12,18,25H,8-11,13H2,(H,26,27)/t18-,20?,21?/m0/s1. The molecule has 4 rings (SSSR count). The molecule has 7 heteroatoms. The number of benzene rings is 2. The van der Waals surface area contributed by atoms with Crippen molar-refractivity contribution in [2.45, 2.75) is 42.9 Å². The summed E-state index contributed by atoms with van der Waals surface area (Å²) in [5.41, 5.74) is -1.29. The van der Waals surface area contributed by atoms with Gasteiger partial charge in [-0.1, -0.05) is 23.7 Å². The zero-order valence-electron chi connectivity index (χ0n) is 15.1. The molecule has 2 bridgehead atoms. The summed E-state index contributed by atoms with van der Waals surface area (Å²) in [7, 11) is 0. The Balaban J connectivity index is 1.61. The smallest absolute Gasteiger partial charge is 0.408 e. The van der Waals surface area contributed by atoms with E-state index in [0.717, 1.165) is 0 Å². The van der Waals surface area contributed by atoms with Crippen molar-refractivity contribution in [3.05, 3.63) is 64.9 Å². The van der Waals surface area contributed by atoms with Crippen LogP contribution in [0.25, 0.3) is 0 Å². The Bertz CT molecular complexity index is 880. The quantitative estimate of drug-likeness (QED) is 0.760. The van der Waals surface area contributed by atoms with Gasteiger partial charge in [0.05, 0.1) is 11.1 Å². The van der Waals surface area contributed by atoms with Crippen molar-refractivity contribution in [3.8, 4) is 5.75 Å². The fourth-order valence-corrected chi connectivity index (χ4v) is 4.93. The van der Waals surface area contributed by atoms with Gasteiger partial charge in [0, 0.05) is 5.02 Å². The van der Waals surface area contributed by atoms with Gasteiger partial charge in [-0.3, -0.25) is 4.90 Å². The van der Waals surface area contributed by atoms with Crippen molar-refractivity contribution < 1.29 is 24.1 Å². The lowest BCUT2D eigenvalue weighted by Gasteiger charge is -2.40. The number of nitrogens with zero attached hydrogens (tertiary/aromatic N) is 1. The van der Waals surface area contributed by atoms with Gasteiger partial charge in [0.1, 0.15) is 24.3 Å². The number of ether oxygens (including phenoxy) is 1. The highest BCUT2D eigenvalue weighted by Gasteiger charge is 2.66. The lowest BCUT2D eigenvalue weighted by atomic mass is 9.77. The van der Waals surface area contributed by atoms with E-state index in [1.165, 1.54) is 23.1 Å². The predicted octanol–water partition coefficient (Wildman–Crippen LogP) is 4.64. The van der Waals surface area contributed by atoms with Gasteiger partial charge in [0.25, 0.3) is 0 Å². The van der Waals surface area contributed by atoms with Crippen LogP contribution in [-0.2, 0) is 0 Å². The molecule has 0 saturated carbocycles. The Labute approximate surface area is 167 Å². The van der Waals surface area contributed by atoms with Crippen molar-refractivity contribution in [3.63, 3.8) is 0 Å². The van der Waals surface area contributed by atoms with Crippen LogP contribution in [0.3, 0.4) is 0 Å². The van der Waals surface area contributed by atoms with Crippen molar-refractivity contribution in [2.24, 2.45) is 0 Å². The van der Waals surface area contributed by atoms with E-state index in [2.05, 4.69) is 0 Å². The maximum absolute atomic E-state index is 13.7. The number of aliphatic hydroxyl groups excluding tert-OH is 1. The van der Waals surface area contributed by atoms with Gasteiger partial charge in [0.2, 0.25) is 0 Å². The molecule has 0 aromatic heterocycles. The molecule has 2 aliphatic heterocycles. The number of rotatable bonds is 5. The summed E-state index contributed by atoms with van der Waals surface area (Å²) in [4.78, 5) is 13.6. The second kappa shape index (κ2) is 6.94. The van der Waals surface area contributed by atoms with Gasteiger partial charge >= 0.3 is 6.09 Å². The minimum absolute atomic E-state index is 0.193. The minimum atomic E-state index is -1.10.